The quantitative estimate of drug-likeness (QED) is 0.601. The number of hydrogen-bond acceptors (Lipinski definition) is 4. The molecular weight excluding hydrogens is 260 g/mol. The van der Waals surface area contributed by atoms with Crippen molar-refractivity contribution in [2.45, 2.75) is 77.5 Å². The van der Waals surface area contributed by atoms with Crippen molar-refractivity contribution in [3.8, 4) is 0 Å². The van der Waals surface area contributed by atoms with Crippen LogP contribution in [0.3, 0.4) is 0 Å². The largest absolute Gasteiger partial charge is 0.229 e. The molecule has 18 heavy (non-hydrogen) atoms. The fourth-order valence-electron chi connectivity index (χ4n) is 3.05. The molecule has 1 aliphatic rings. The summed E-state index contributed by atoms with van der Waals surface area (Å²) in [6.45, 7) is 6.96. The second-order valence-electron chi connectivity index (χ2n) is 5.14. The van der Waals surface area contributed by atoms with Gasteiger partial charge in [0.25, 0.3) is 0 Å². The average Bonchev–Trinajstić information content (AvgIpc) is 2.64. The van der Waals surface area contributed by atoms with Gasteiger partial charge in [-0.15, -0.1) is 0 Å². The molecule has 1 fully saturated rings. The number of hydrogen-bond donors (Lipinski definition) is 0. The first-order chi connectivity index (χ1) is 8.71. The van der Waals surface area contributed by atoms with Gasteiger partial charge >= 0.3 is 0 Å². The van der Waals surface area contributed by atoms with E-state index in [2.05, 4.69) is 41.9 Å². The summed E-state index contributed by atoms with van der Waals surface area (Å²) in [5.74, 6) is 0. The van der Waals surface area contributed by atoms with Crippen molar-refractivity contribution in [3.05, 3.63) is 0 Å². The van der Waals surface area contributed by atoms with Gasteiger partial charge in [0.05, 0.1) is 6.17 Å². The first-order valence-corrected chi connectivity index (χ1v) is 9.72. The predicted octanol–water partition coefficient (Wildman–Crippen LogP) is 4.62. The predicted molar refractivity (Wildman–Crippen MR) is 86.8 cm³/mol. The zero-order chi connectivity index (χ0) is 13.5. The van der Waals surface area contributed by atoms with E-state index in [1.807, 2.05) is 23.9 Å². The standard InChI is InChI=1S/C14H30N2S2/c1-6-8-10-13-14(11-9-7-2)16(18-5)12(3)15(13)17-4/h12-14H,6-11H2,1-5H3. The van der Waals surface area contributed by atoms with E-state index < -0.39 is 0 Å². The Hall–Kier alpha value is 0.620. The minimum atomic E-state index is 0.568. The molecule has 1 rings (SSSR count). The molecule has 1 heterocycles. The topological polar surface area (TPSA) is 6.48 Å². The maximum Gasteiger partial charge on any atom is 0.0795 e. The van der Waals surface area contributed by atoms with Crippen molar-refractivity contribution in [1.29, 1.82) is 0 Å². The Kier molecular flexibility index (Phi) is 8.08. The van der Waals surface area contributed by atoms with Crippen molar-refractivity contribution < 1.29 is 0 Å². The SMILES string of the molecule is CCCCC1C(CCCC)N(SC)C(C)N1SC. The van der Waals surface area contributed by atoms with Crippen LogP contribution in [-0.2, 0) is 0 Å². The zero-order valence-corrected chi connectivity index (χ0v) is 14.3. The average molecular weight is 291 g/mol. The van der Waals surface area contributed by atoms with E-state index in [1.54, 1.807) is 0 Å². The maximum atomic E-state index is 2.63. The van der Waals surface area contributed by atoms with E-state index in [4.69, 9.17) is 0 Å². The number of unbranched alkanes of at least 4 members (excludes halogenated alkanes) is 2. The third-order valence-electron chi connectivity index (χ3n) is 3.96. The van der Waals surface area contributed by atoms with Gasteiger partial charge in [-0.1, -0.05) is 63.4 Å². The molecule has 108 valence electrons. The van der Waals surface area contributed by atoms with Crippen LogP contribution in [0, 0.1) is 0 Å². The van der Waals surface area contributed by atoms with E-state index in [0.29, 0.717) is 6.17 Å². The van der Waals surface area contributed by atoms with Gasteiger partial charge in [0.15, 0.2) is 0 Å². The number of rotatable bonds is 8. The second-order valence-corrected chi connectivity index (χ2v) is 6.71. The molecule has 0 spiro atoms. The highest BCUT2D eigenvalue weighted by atomic mass is 32.2. The van der Waals surface area contributed by atoms with Gasteiger partial charge in [-0.25, -0.2) is 8.61 Å². The molecule has 2 unspecified atom stereocenters. The maximum absolute atomic E-state index is 2.63. The molecule has 0 aromatic carbocycles. The monoisotopic (exact) mass is 290 g/mol. The van der Waals surface area contributed by atoms with Crippen LogP contribution in [0.15, 0.2) is 0 Å². The first kappa shape index (κ1) is 16.7. The molecule has 0 aromatic rings. The van der Waals surface area contributed by atoms with E-state index in [1.165, 1.54) is 38.5 Å². The molecule has 1 saturated heterocycles. The smallest absolute Gasteiger partial charge is 0.0795 e. The highest BCUT2D eigenvalue weighted by Gasteiger charge is 2.43. The Morgan fingerprint density at radius 2 is 1.22 bits per heavy atom. The van der Waals surface area contributed by atoms with Gasteiger partial charge in [0.2, 0.25) is 0 Å². The minimum Gasteiger partial charge on any atom is -0.229 e. The zero-order valence-electron chi connectivity index (χ0n) is 12.7. The molecule has 1 aliphatic heterocycles. The molecule has 0 radical (unpaired) electrons. The molecule has 2 atom stereocenters. The minimum absolute atomic E-state index is 0.568. The summed E-state index contributed by atoms with van der Waals surface area (Å²) in [7, 11) is 0. The van der Waals surface area contributed by atoms with Gasteiger partial charge in [-0.3, -0.25) is 0 Å². The lowest BCUT2D eigenvalue weighted by Crippen LogP contribution is -2.33. The van der Waals surface area contributed by atoms with E-state index in [-0.39, 0.29) is 0 Å². The molecule has 0 amide bonds. The molecule has 2 nitrogen and oxygen atoms in total. The Labute approximate surface area is 123 Å². The molecule has 0 aliphatic carbocycles. The van der Waals surface area contributed by atoms with Crippen LogP contribution < -0.4 is 0 Å². The van der Waals surface area contributed by atoms with Crippen molar-refractivity contribution >= 4 is 23.9 Å². The van der Waals surface area contributed by atoms with Gasteiger partial charge < -0.3 is 0 Å². The van der Waals surface area contributed by atoms with Crippen LogP contribution in [-0.4, -0.2) is 39.4 Å². The lowest BCUT2D eigenvalue weighted by molar-refractivity contribution is 0.315. The summed E-state index contributed by atoms with van der Waals surface area (Å²) in [5, 5.41) is 0. The fourth-order valence-corrected chi connectivity index (χ4v) is 4.95. The van der Waals surface area contributed by atoms with Crippen LogP contribution in [0.4, 0.5) is 0 Å². The molecule has 4 heteroatoms. The normalized spacial score (nSPS) is 30.2. The van der Waals surface area contributed by atoms with Gasteiger partial charge in [-0.2, -0.15) is 0 Å². The Balaban J connectivity index is 2.75. The highest BCUT2D eigenvalue weighted by molar-refractivity contribution is 7.97. The van der Waals surface area contributed by atoms with E-state index in [9.17, 15) is 0 Å². The third kappa shape index (κ3) is 3.81. The lowest BCUT2D eigenvalue weighted by Gasteiger charge is -2.26. The first-order valence-electron chi connectivity index (χ1n) is 7.36. The van der Waals surface area contributed by atoms with Crippen molar-refractivity contribution in [2.75, 3.05) is 12.5 Å². The molecular formula is C14H30N2S2. The Bertz CT molecular complexity index is 204. The highest BCUT2D eigenvalue weighted by Crippen LogP contribution is 2.39. The summed E-state index contributed by atoms with van der Waals surface area (Å²) in [6, 6.07) is 1.49. The Morgan fingerprint density at radius 1 is 0.833 bits per heavy atom. The molecule has 0 N–H and O–H groups in total. The summed E-state index contributed by atoms with van der Waals surface area (Å²) in [6.07, 6.45) is 13.1. The number of nitrogens with zero attached hydrogens (tertiary/aromatic N) is 2. The van der Waals surface area contributed by atoms with Crippen LogP contribution in [0.5, 0.6) is 0 Å². The third-order valence-corrected chi connectivity index (χ3v) is 5.96. The van der Waals surface area contributed by atoms with Crippen LogP contribution in [0.2, 0.25) is 0 Å². The van der Waals surface area contributed by atoms with Crippen LogP contribution in [0.25, 0.3) is 0 Å². The second kappa shape index (κ2) is 8.72. The van der Waals surface area contributed by atoms with Gasteiger partial charge in [-0.05, 0) is 32.3 Å². The van der Waals surface area contributed by atoms with E-state index >= 15 is 0 Å². The van der Waals surface area contributed by atoms with Crippen LogP contribution in [0.1, 0.15) is 59.3 Å². The Morgan fingerprint density at radius 3 is 1.50 bits per heavy atom. The summed E-state index contributed by atoms with van der Waals surface area (Å²) >= 11 is 3.87. The van der Waals surface area contributed by atoms with Crippen LogP contribution >= 0.6 is 23.9 Å². The summed E-state index contributed by atoms with van der Waals surface area (Å²) < 4.78 is 5.26. The van der Waals surface area contributed by atoms with Crippen molar-refractivity contribution in [3.63, 3.8) is 0 Å². The van der Waals surface area contributed by atoms with E-state index in [0.717, 1.165) is 12.1 Å². The van der Waals surface area contributed by atoms with Crippen molar-refractivity contribution in [2.24, 2.45) is 0 Å². The molecule has 0 bridgehead atoms. The summed E-state index contributed by atoms with van der Waals surface area (Å²) in [4.78, 5) is 0. The van der Waals surface area contributed by atoms with Crippen molar-refractivity contribution in [1.82, 2.24) is 8.61 Å². The van der Waals surface area contributed by atoms with Gasteiger partial charge in [0, 0.05) is 12.1 Å². The van der Waals surface area contributed by atoms with Gasteiger partial charge in [0.1, 0.15) is 0 Å². The summed E-state index contributed by atoms with van der Waals surface area (Å²) in [5.41, 5.74) is 0. The lowest BCUT2D eigenvalue weighted by atomic mass is 9.99. The molecule has 0 saturated carbocycles. The fraction of sp³-hybridized carbons (Fsp3) is 1.00. The molecule has 0 aromatic heterocycles.